The van der Waals surface area contributed by atoms with Crippen LogP contribution >= 0.6 is 0 Å². The Hall–Kier alpha value is -0.0800. The molecule has 1 N–H and O–H groups in total. The molecule has 0 spiro atoms. The maximum atomic E-state index is 5.82. The Balaban J connectivity index is 1.77. The molecule has 2 heteroatoms. The molecule has 0 amide bonds. The van der Waals surface area contributed by atoms with Crippen LogP contribution in [0, 0.1) is 5.92 Å². The maximum absolute atomic E-state index is 5.82. The third-order valence-corrected chi connectivity index (χ3v) is 3.88. The van der Waals surface area contributed by atoms with E-state index in [1.54, 1.807) is 0 Å². The van der Waals surface area contributed by atoms with Gasteiger partial charge in [0.05, 0.1) is 6.10 Å². The van der Waals surface area contributed by atoms with Crippen LogP contribution in [-0.4, -0.2) is 25.3 Å². The van der Waals surface area contributed by atoms with E-state index in [9.17, 15) is 0 Å². The highest BCUT2D eigenvalue weighted by molar-refractivity contribution is 4.85. The van der Waals surface area contributed by atoms with E-state index in [1.165, 1.54) is 44.9 Å². The van der Waals surface area contributed by atoms with Gasteiger partial charge in [0.25, 0.3) is 0 Å². The van der Waals surface area contributed by atoms with Gasteiger partial charge in [-0.25, -0.2) is 0 Å². The van der Waals surface area contributed by atoms with Crippen LogP contribution in [0.2, 0.25) is 0 Å². The van der Waals surface area contributed by atoms with E-state index in [4.69, 9.17) is 4.74 Å². The molecule has 0 radical (unpaired) electrons. The van der Waals surface area contributed by atoms with Crippen LogP contribution in [0.15, 0.2) is 0 Å². The van der Waals surface area contributed by atoms with Crippen molar-refractivity contribution in [3.8, 4) is 0 Å². The van der Waals surface area contributed by atoms with Crippen molar-refractivity contribution in [2.45, 2.75) is 64.0 Å². The molecule has 2 unspecified atom stereocenters. The van der Waals surface area contributed by atoms with Gasteiger partial charge in [0, 0.05) is 12.6 Å². The molecule has 1 saturated heterocycles. The molecule has 2 nitrogen and oxygen atoms in total. The van der Waals surface area contributed by atoms with Gasteiger partial charge in [-0.15, -0.1) is 0 Å². The minimum absolute atomic E-state index is 0.511. The summed E-state index contributed by atoms with van der Waals surface area (Å²) in [5.74, 6) is 0.989. The lowest BCUT2D eigenvalue weighted by Gasteiger charge is -2.32. The Morgan fingerprint density at radius 3 is 2.67 bits per heavy atom. The highest BCUT2D eigenvalue weighted by Crippen LogP contribution is 2.32. The van der Waals surface area contributed by atoms with Gasteiger partial charge in [0.1, 0.15) is 0 Å². The lowest BCUT2D eigenvalue weighted by atomic mass is 9.79. The third-order valence-electron chi connectivity index (χ3n) is 3.88. The molecule has 15 heavy (non-hydrogen) atoms. The fourth-order valence-corrected chi connectivity index (χ4v) is 2.70. The largest absolute Gasteiger partial charge is 0.377 e. The topological polar surface area (TPSA) is 21.3 Å². The molecule has 0 aromatic heterocycles. The molecule has 1 aliphatic carbocycles. The number of ether oxygens (including phenoxy) is 1. The first-order valence-electron chi connectivity index (χ1n) is 6.75. The summed E-state index contributed by atoms with van der Waals surface area (Å²) < 4.78 is 5.82. The second-order valence-electron chi connectivity index (χ2n) is 5.14. The van der Waals surface area contributed by atoms with Gasteiger partial charge in [-0.1, -0.05) is 26.2 Å². The van der Waals surface area contributed by atoms with Gasteiger partial charge < -0.3 is 10.1 Å². The Labute approximate surface area is 93.8 Å². The predicted octanol–water partition coefficient (Wildman–Crippen LogP) is 2.72. The highest BCUT2D eigenvalue weighted by Gasteiger charge is 2.29. The van der Waals surface area contributed by atoms with Crippen molar-refractivity contribution >= 4 is 0 Å². The van der Waals surface area contributed by atoms with Crippen molar-refractivity contribution in [1.82, 2.24) is 5.32 Å². The zero-order valence-corrected chi connectivity index (χ0v) is 10.0. The van der Waals surface area contributed by atoms with E-state index in [0.717, 1.165) is 19.1 Å². The number of rotatable bonds is 6. The Bertz CT molecular complexity index is 173. The molecular weight excluding hydrogens is 186 g/mol. The minimum atomic E-state index is 0.511. The van der Waals surface area contributed by atoms with Crippen LogP contribution in [0.5, 0.6) is 0 Å². The van der Waals surface area contributed by atoms with Crippen LogP contribution in [-0.2, 0) is 4.74 Å². The first-order chi connectivity index (χ1) is 7.40. The molecule has 2 atom stereocenters. The van der Waals surface area contributed by atoms with Gasteiger partial charge in [0.15, 0.2) is 0 Å². The van der Waals surface area contributed by atoms with E-state index >= 15 is 0 Å². The van der Waals surface area contributed by atoms with E-state index < -0.39 is 0 Å². The monoisotopic (exact) mass is 211 g/mol. The first kappa shape index (κ1) is 11.4. The summed E-state index contributed by atoms with van der Waals surface area (Å²) in [6, 6.07) is 0.637. The molecule has 1 heterocycles. The summed E-state index contributed by atoms with van der Waals surface area (Å²) in [7, 11) is 0. The lowest BCUT2D eigenvalue weighted by Crippen LogP contribution is -2.42. The zero-order valence-electron chi connectivity index (χ0n) is 10.0. The van der Waals surface area contributed by atoms with Gasteiger partial charge in [-0.05, 0) is 38.1 Å². The van der Waals surface area contributed by atoms with Crippen LogP contribution < -0.4 is 5.32 Å². The van der Waals surface area contributed by atoms with Crippen molar-refractivity contribution in [1.29, 1.82) is 0 Å². The molecule has 0 bridgehead atoms. The maximum Gasteiger partial charge on any atom is 0.0728 e. The van der Waals surface area contributed by atoms with E-state index in [2.05, 4.69) is 12.2 Å². The second-order valence-corrected chi connectivity index (χ2v) is 5.14. The van der Waals surface area contributed by atoms with Crippen molar-refractivity contribution in [2.24, 2.45) is 5.92 Å². The Morgan fingerprint density at radius 1 is 1.27 bits per heavy atom. The van der Waals surface area contributed by atoms with Crippen LogP contribution in [0.4, 0.5) is 0 Å². The average molecular weight is 211 g/mol. The summed E-state index contributed by atoms with van der Waals surface area (Å²) in [5.41, 5.74) is 0. The number of hydrogen-bond acceptors (Lipinski definition) is 2. The molecular formula is C13H25NO. The number of hydrogen-bond donors (Lipinski definition) is 1. The molecule has 0 aromatic carbocycles. The summed E-state index contributed by atoms with van der Waals surface area (Å²) in [5, 5.41) is 3.69. The van der Waals surface area contributed by atoms with Crippen LogP contribution in [0.25, 0.3) is 0 Å². The smallest absolute Gasteiger partial charge is 0.0728 e. The van der Waals surface area contributed by atoms with Crippen LogP contribution in [0.3, 0.4) is 0 Å². The molecule has 0 aromatic rings. The summed E-state index contributed by atoms with van der Waals surface area (Å²) in [4.78, 5) is 0. The van der Waals surface area contributed by atoms with E-state index in [1.807, 2.05) is 0 Å². The molecule has 1 aliphatic heterocycles. The summed E-state index contributed by atoms with van der Waals surface area (Å²) in [6.45, 7) is 4.37. The first-order valence-corrected chi connectivity index (χ1v) is 6.75. The molecule has 1 saturated carbocycles. The van der Waals surface area contributed by atoms with Crippen molar-refractivity contribution in [3.63, 3.8) is 0 Å². The van der Waals surface area contributed by atoms with Crippen molar-refractivity contribution in [2.75, 3.05) is 13.2 Å². The predicted molar refractivity (Wildman–Crippen MR) is 63.0 cm³/mol. The highest BCUT2D eigenvalue weighted by atomic mass is 16.5. The summed E-state index contributed by atoms with van der Waals surface area (Å²) in [6.07, 6.45) is 9.99. The van der Waals surface area contributed by atoms with Gasteiger partial charge >= 0.3 is 0 Å². The van der Waals surface area contributed by atoms with Gasteiger partial charge in [-0.3, -0.25) is 0 Å². The molecule has 88 valence electrons. The van der Waals surface area contributed by atoms with Crippen LogP contribution in [0.1, 0.15) is 51.9 Å². The molecule has 2 fully saturated rings. The fourth-order valence-electron chi connectivity index (χ4n) is 2.70. The quantitative estimate of drug-likeness (QED) is 0.729. The standard InChI is InChI=1S/C13H25NO/c1-2-8-14-12(10-11-5-3-6-11)13-7-4-9-15-13/h11-14H,2-10H2,1H3. The minimum Gasteiger partial charge on any atom is -0.377 e. The SMILES string of the molecule is CCCNC(CC1CCC1)C1CCCO1. The Morgan fingerprint density at radius 2 is 2.13 bits per heavy atom. The average Bonchev–Trinajstić information content (AvgIpc) is 2.68. The van der Waals surface area contributed by atoms with Gasteiger partial charge in [-0.2, -0.15) is 0 Å². The van der Waals surface area contributed by atoms with E-state index in [0.29, 0.717) is 12.1 Å². The third kappa shape index (κ3) is 3.18. The molecule has 2 aliphatic rings. The fraction of sp³-hybridized carbons (Fsp3) is 1.00. The van der Waals surface area contributed by atoms with Gasteiger partial charge in [0.2, 0.25) is 0 Å². The van der Waals surface area contributed by atoms with Crippen molar-refractivity contribution in [3.05, 3.63) is 0 Å². The van der Waals surface area contributed by atoms with Crippen molar-refractivity contribution < 1.29 is 4.74 Å². The molecule has 2 rings (SSSR count). The van der Waals surface area contributed by atoms with E-state index in [-0.39, 0.29) is 0 Å². The Kier molecular flexibility index (Phi) is 4.45. The second kappa shape index (κ2) is 5.86. The number of nitrogens with one attached hydrogen (secondary N) is 1. The lowest BCUT2D eigenvalue weighted by molar-refractivity contribution is 0.0637. The normalized spacial score (nSPS) is 29.0. The zero-order chi connectivity index (χ0) is 10.5. The summed E-state index contributed by atoms with van der Waals surface area (Å²) >= 11 is 0.